The number of rotatable bonds is 9. The number of hydrogen-bond acceptors (Lipinski definition) is 6. The van der Waals surface area contributed by atoms with Crippen LogP contribution in [0.2, 0.25) is 0 Å². The summed E-state index contributed by atoms with van der Waals surface area (Å²) >= 11 is 0. The monoisotopic (exact) mass is 560 g/mol. The molecule has 0 fully saturated rings. The van der Waals surface area contributed by atoms with Gasteiger partial charge in [0.15, 0.2) is 11.5 Å². The zero-order valence-electron chi connectivity index (χ0n) is 23.1. The van der Waals surface area contributed by atoms with E-state index in [-0.39, 0.29) is 24.2 Å². The summed E-state index contributed by atoms with van der Waals surface area (Å²) in [5, 5.41) is 6.30. The number of nitrogens with one attached hydrogen (secondary N) is 2. The first-order valence-electron chi connectivity index (χ1n) is 13.4. The number of nitrogens with zero attached hydrogens (tertiary/aromatic N) is 4. The number of aromatic amines is 2. The van der Waals surface area contributed by atoms with Gasteiger partial charge in [0.25, 0.3) is 11.1 Å². The molecule has 2 N–H and O–H groups in total. The standard InChI is InChI=1S/C32H28N6O4/c1-21-27(31(39)37(35-21)23-11-5-3-6-12-23)29(25-15-9-19-41-25)33-17-18-34-30(26-16-10-20-42-26)28-22(2)36-38(32(28)40)24-13-7-4-8-14-24/h3-16,19-20,35-36H,17-18H2,1-2H3. The molecule has 10 nitrogen and oxygen atoms in total. The minimum Gasteiger partial charge on any atom is -0.463 e. The quantitative estimate of drug-likeness (QED) is 0.194. The molecule has 4 heterocycles. The van der Waals surface area contributed by atoms with Crippen LogP contribution in [0.1, 0.15) is 34.0 Å². The maximum absolute atomic E-state index is 13.5. The fraction of sp³-hybridized carbons (Fsp3) is 0.125. The molecule has 210 valence electrons. The molecule has 0 saturated carbocycles. The van der Waals surface area contributed by atoms with Crippen LogP contribution in [0, 0.1) is 13.8 Å². The largest absolute Gasteiger partial charge is 0.463 e. The molecule has 0 unspecified atom stereocenters. The lowest BCUT2D eigenvalue weighted by Crippen LogP contribution is -2.22. The van der Waals surface area contributed by atoms with E-state index in [0.29, 0.717) is 56.8 Å². The summed E-state index contributed by atoms with van der Waals surface area (Å²) in [6.45, 7) is 4.11. The lowest BCUT2D eigenvalue weighted by molar-refractivity contribution is 0.556. The number of aryl methyl sites for hydroxylation is 2. The molecule has 0 amide bonds. The van der Waals surface area contributed by atoms with Gasteiger partial charge in [-0.25, -0.2) is 9.36 Å². The topological polar surface area (TPSA) is 127 Å². The highest BCUT2D eigenvalue weighted by atomic mass is 16.3. The summed E-state index contributed by atoms with van der Waals surface area (Å²) in [7, 11) is 0. The van der Waals surface area contributed by atoms with Crippen LogP contribution < -0.4 is 11.1 Å². The molecule has 0 aliphatic heterocycles. The third-order valence-electron chi connectivity index (χ3n) is 6.79. The molecule has 0 radical (unpaired) electrons. The number of para-hydroxylation sites is 2. The van der Waals surface area contributed by atoms with Crippen LogP contribution in [-0.2, 0) is 0 Å². The highest BCUT2D eigenvalue weighted by Crippen LogP contribution is 2.16. The number of benzene rings is 2. The van der Waals surface area contributed by atoms with Gasteiger partial charge in [0, 0.05) is 11.4 Å². The molecule has 6 aromatic rings. The average molecular weight is 561 g/mol. The minimum atomic E-state index is -0.238. The van der Waals surface area contributed by atoms with Crippen molar-refractivity contribution in [2.75, 3.05) is 13.1 Å². The molecule has 0 aliphatic rings. The Hall–Kier alpha value is -5.64. The lowest BCUT2D eigenvalue weighted by Gasteiger charge is -2.04. The molecule has 42 heavy (non-hydrogen) atoms. The smallest absolute Gasteiger partial charge is 0.281 e. The van der Waals surface area contributed by atoms with Gasteiger partial charge < -0.3 is 8.83 Å². The fourth-order valence-corrected chi connectivity index (χ4v) is 4.88. The van der Waals surface area contributed by atoms with Crippen molar-refractivity contribution >= 4 is 11.4 Å². The maximum atomic E-state index is 13.5. The highest BCUT2D eigenvalue weighted by Gasteiger charge is 2.23. The van der Waals surface area contributed by atoms with Crippen LogP contribution in [0.3, 0.4) is 0 Å². The predicted molar refractivity (Wildman–Crippen MR) is 161 cm³/mol. The number of hydrogen-bond donors (Lipinski definition) is 2. The Bertz CT molecular complexity index is 1830. The van der Waals surface area contributed by atoms with Gasteiger partial charge in [0.1, 0.15) is 11.4 Å². The zero-order valence-corrected chi connectivity index (χ0v) is 23.1. The van der Waals surface area contributed by atoms with E-state index in [9.17, 15) is 9.59 Å². The average Bonchev–Trinajstić information content (AvgIpc) is 3.82. The molecule has 0 atom stereocenters. The Balaban J connectivity index is 1.36. The van der Waals surface area contributed by atoms with Gasteiger partial charge in [-0.2, -0.15) is 0 Å². The van der Waals surface area contributed by atoms with Crippen molar-refractivity contribution in [1.82, 2.24) is 19.6 Å². The van der Waals surface area contributed by atoms with Crippen molar-refractivity contribution < 1.29 is 8.83 Å². The Morgan fingerprint density at radius 3 is 1.38 bits per heavy atom. The Morgan fingerprint density at radius 2 is 1.02 bits per heavy atom. The van der Waals surface area contributed by atoms with E-state index < -0.39 is 0 Å². The highest BCUT2D eigenvalue weighted by molar-refractivity contribution is 6.12. The second-order valence-corrected chi connectivity index (χ2v) is 9.59. The first kappa shape index (κ1) is 26.6. The fourth-order valence-electron chi connectivity index (χ4n) is 4.88. The number of aromatic nitrogens is 4. The van der Waals surface area contributed by atoms with E-state index in [0.717, 1.165) is 0 Å². The van der Waals surface area contributed by atoms with Gasteiger partial charge in [-0.15, -0.1) is 0 Å². The van der Waals surface area contributed by atoms with Crippen LogP contribution in [0.25, 0.3) is 11.4 Å². The maximum Gasteiger partial charge on any atom is 0.281 e. The Labute approximate surface area is 240 Å². The van der Waals surface area contributed by atoms with Gasteiger partial charge in [-0.3, -0.25) is 29.8 Å². The summed E-state index contributed by atoms with van der Waals surface area (Å²) in [4.78, 5) is 36.6. The van der Waals surface area contributed by atoms with Gasteiger partial charge in [0.05, 0.1) is 48.1 Å². The molecule has 4 aromatic heterocycles. The van der Waals surface area contributed by atoms with E-state index in [1.807, 2.05) is 74.5 Å². The molecule has 0 spiro atoms. The molecule has 6 rings (SSSR count). The van der Waals surface area contributed by atoms with Gasteiger partial charge in [-0.05, 0) is 62.4 Å². The minimum absolute atomic E-state index is 0.228. The summed E-state index contributed by atoms with van der Waals surface area (Å²) in [6, 6.07) is 25.7. The van der Waals surface area contributed by atoms with Gasteiger partial charge in [-0.1, -0.05) is 36.4 Å². The SMILES string of the molecule is Cc1[nH]n(-c2ccccc2)c(=O)c1C(=NCCN=C(c1ccco1)c1c(C)[nH]n(-c2ccccc2)c1=O)c1ccco1. The van der Waals surface area contributed by atoms with Crippen molar-refractivity contribution in [3.63, 3.8) is 0 Å². The zero-order chi connectivity index (χ0) is 29.1. The molecular weight excluding hydrogens is 532 g/mol. The second kappa shape index (κ2) is 11.5. The Kier molecular flexibility index (Phi) is 7.25. The molecule has 0 aliphatic carbocycles. The van der Waals surface area contributed by atoms with E-state index in [1.165, 1.54) is 9.36 Å². The van der Waals surface area contributed by atoms with Crippen molar-refractivity contribution in [1.29, 1.82) is 0 Å². The second-order valence-electron chi connectivity index (χ2n) is 9.59. The van der Waals surface area contributed by atoms with Crippen LogP contribution in [0.5, 0.6) is 0 Å². The number of furan rings is 2. The third-order valence-corrected chi connectivity index (χ3v) is 6.79. The third kappa shape index (κ3) is 5.01. The van der Waals surface area contributed by atoms with Crippen LogP contribution in [0.15, 0.2) is 126 Å². The molecular formula is C32H28N6O4. The van der Waals surface area contributed by atoms with Crippen molar-refractivity contribution in [2.24, 2.45) is 9.98 Å². The summed E-state index contributed by atoms with van der Waals surface area (Å²) < 4.78 is 14.3. The van der Waals surface area contributed by atoms with Crippen molar-refractivity contribution in [3.05, 3.63) is 152 Å². The first-order chi connectivity index (χ1) is 20.5. The summed E-state index contributed by atoms with van der Waals surface area (Å²) in [5.41, 5.74) is 3.94. The van der Waals surface area contributed by atoms with E-state index in [4.69, 9.17) is 18.8 Å². The molecule has 0 saturated heterocycles. The molecule has 2 aromatic carbocycles. The van der Waals surface area contributed by atoms with Crippen LogP contribution in [-0.4, -0.2) is 44.1 Å². The molecule has 10 heteroatoms. The van der Waals surface area contributed by atoms with Gasteiger partial charge >= 0.3 is 0 Å². The normalized spacial score (nSPS) is 12.2. The Morgan fingerprint density at radius 1 is 0.619 bits per heavy atom. The first-order valence-corrected chi connectivity index (χ1v) is 13.4. The van der Waals surface area contributed by atoms with E-state index in [1.54, 1.807) is 36.8 Å². The lowest BCUT2D eigenvalue weighted by atomic mass is 10.1. The van der Waals surface area contributed by atoms with E-state index >= 15 is 0 Å². The summed E-state index contributed by atoms with van der Waals surface area (Å²) in [6.07, 6.45) is 3.09. The number of H-pyrrole nitrogens is 2. The van der Waals surface area contributed by atoms with Crippen LogP contribution in [0.4, 0.5) is 0 Å². The van der Waals surface area contributed by atoms with Crippen molar-refractivity contribution in [2.45, 2.75) is 13.8 Å². The molecule has 0 bridgehead atoms. The van der Waals surface area contributed by atoms with E-state index in [2.05, 4.69) is 10.2 Å². The van der Waals surface area contributed by atoms with Gasteiger partial charge in [0.2, 0.25) is 0 Å². The predicted octanol–water partition coefficient (Wildman–Crippen LogP) is 4.82. The van der Waals surface area contributed by atoms with Crippen LogP contribution >= 0.6 is 0 Å². The number of aliphatic imine (C=N–C) groups is 2. The van der Waals surface area contributed by atoms with Crippen molar-refractivity contribution in [3.8, 4) is 11.4 Å². The summed E-state index contributed by atoms with van der Waals surface area (Å²) in [5.74, 6) is 0.939.